The van der Waals surface area contributed by atoms with Crippen LogP contribution >= 0.6 is 0 Å². The highest BCUT2D eigenvalue weighted by molar-refractivity contribution is 5.84. The number of aliphatic hydroxyl groups is 2. The van der Waals surface area contributed by atoms with Gasteiger partial charge in [-0.3, -0.25) is 0 Å². The second-order valence-electron chi connectivity index (χ2n) is 1.75. The predicted molar refractivity (Wildman–Crippen MR) is 31.7 cm³/mol. The lowest BCUT2D eigenvalue weighted by Crippen LogP contribution is -2.40. The molecule has 0 amide bonds. The molecule has 0 bridgehead atoms. The Morgan fingerprint density at radius 2 is 1.73 bits per heavy atom. The van der Waals surface area contributed by atoms with Crippen molar-refractivity contribution in [2.75, 3.05) is 7.11 Å². The van der Waals surface area contributed by atoms with Crippen molar-refractivity contribution in [3.05, 3.63) is 0 Å². The van der Waals surface area contributed by atoms with Crippen molar-refractivity contribution in [2.24, 2.45) is 0 Å². The molecule has 0 radical (unpaired) electrons. The summed E-state index contributed by atoms with van der Waals surface area (Å²) in [7, 11) is 0.972. The molecule has 0 aromatic heterocycles. The van der Waals surface area contributed by atoms with E-state index >= 15 is 0 Å². The van der Waals surface area contributed by atoms with Crippen LogP contribution in [0.4, 0.5) is 0 Å². The maximum absolute atomic E-state index is 10.4. The number of ether oxygens (including phenoxy) is 1. The molecule has 0 aromatic carbocycles. The molecule has 0 spiro atoms. The predicted octanol–water partition coefficient (Wildman–Crippen LogP) is -2.03. The number of carboxylic acids is 1. The molecular weight excluding hydrogens is 156 g/mol. The zero-order valence-electron chi connectivity index (χ0n) is 5.72. The fourth-order valence-electron chi connectivity index (χ4n) is 0.385. The van der Waals surface area contributed by atoms with Crippen molar-refractivity contribution in [3.63, 3.8) is 0 Å². The van der Waals surface area contributed by atoms with E-state index in [1.807, 2.05) is 0 Å². The number of rotatable bonds is 3. The van der Waals surface area contributed by atoms with Crippen LogP contribution < -0.4 is 0 Å². The Labute approximate surface area is 62.0 Å². The van der Waals surface area contributed by atoms with Gasteiger partial charge in [0.05, 0.1) is 7.11 Å². The number of carbonyl (C=O) groups is 2. The lowest BCUT2D eigenvalue weighted by molar-refractivity contribution is -0.167. The Morgan fingerprint density at radius 3 is 2.00 bits per heavy atom. The Hall–Kier alpha value is -1.14. The number of carboxylic acid groups (broad SMARTS) is 1. The molecule has 2 atom stereocenters. The van der Waals surface area contributed by atoms with Crippen molar-refractivity contribution in [1.82, 2.24) is 0 Å². The summed E-state index contributed by atoms with van der Waals surface area (Å²) in [4.78, 5) is 20.3. The number of methoxy groups -OCH3 is 1. The highest BCUT2D eigenvalue weighted by Gasteiger charge is 2.30. The number of hydrogen-bond donors (Lipinski definition) is 3. The molecule has 6 nitrogen and oxygen atoms in total. The lowest BCUT2D eigenvalue weighted by Gasteiger charge is -2.10. The van der Waals surface area contributed by atoms with E-state index in [0.29, 0.717) is 0 Å². The van der Waals surface area contributed by atoms with Crippen molar-refractivity contribution in [2.45, 2.75) is 12.2 Å². The van der Waals surface area contributed by atoms with Gasteiger partial charge in [-0.1, -0.05) is 0 Å². The van der Waals surface area contributed by atoms with Gasteiger partial charge in [-0.05, 0) is 0 Å². The Balaban J connectivity index is 4.12. The topological polar surface area (TPSA) is 104 Å². The first-order valence-corrected chi connectivity index (χ1v) is 2.67. The highest BCUT2D eigenvalue weighted by Crippen LogP contribution is 1.95. The van der Waals surface area contributed by atoms with Crippen molar-refractivity contribution in [1.29, 1.82) is 0 Å². The molecule has 0 aliphatic rings. The molecule has 6 heteroatoms. The van der Waals surface area contributed by atoms with Crippen LogP contribution in [0.25, 0.3) is 0 Å². The summed E-state index contributed by atoms with van der Waals surface area (Å²) >= 11 is 0. The minimum absolute atomic E-state index is 0.972. The monoisotopic (exact) mass is 164 g/mol. The molecule has 0 rings (SSSR count). The molecule has 2 unspecified atom stereocenters. The van der Waals surface area contributed by atoms with E-state index in [9.17, 15) is 9.59 Å². The van der Waals surface area contributed by atoms with Gasteiger partial charge >= 0.3 is 11.9 Å². The first-order valence-electron chi connectivity index (χ1n) is 2.67. The smallest absolute Gasteiger partial charge is 0.338 e. The maximum atomic E-state index is 10.4. The third kappa shape index (κ3) is 2.52. The van der Waals surface area contributed by atoms with E-state index in [-0.39, 0.29) is 0 Å². The summed E-state index contributed by atoms with van der Waals surface area (Å²) in [6, 6.07) is 0. The van der Waals surface area contributed by atoms with E-state index in [2.05, 4.69) is 4.74 Å². The van der Waals surface area contributed by atoms with Crippen LogP contribution in [0, 0.1) is 0 Å². The standard InChI is InChI=1S/C5H8O6/c1-11-5(10)3(7)2(6)4(8)9/h2-3,6-7H,1H3,(H,8,9). The Kier molecular flexibility index (Phi) is 3.49. The fraction of sp³-hybridized carbons (Fsp3) is 0.600. The summed E-state index contributed by atoms with van der Waals surface area (Å²) in [5.74, 6) is -2.86. The van der Waals surface area contributed by atoms with Crippen LogP contribution in [0.3, 0.4) is 0 Å². The van der Waals surface area contributed by atoms with Crippen LogP contribution in [0.1, 0.15) is 0 Å². The number of carbonyl (C=O) groups excluding carboxylic acids is 1. The molecule has 0 saturated carbocycles. The van der Waals surface area contributed by atoms with Gasteiger partial charge in [0.1, 0.15) is 0 Å². The highest BCUT2D eigenvalue weighted by atomic mass is 16.5. The molecule has 0 saturated heterocycles. The first kappa shape index (κ1) is 9.86. The average molecular weight is 164 g/mol. The molecule has 0 aliphatic carbocycles. The van der Waals surface area contributed by atoms with E-state index in [4.69, 9.17) is 15.3 Å². The normalized spacial score (nSPS) is 15.2. The Bertz CT molecular complexity index is 164. The van der Waals surface area contributed by atoms with Crippen molar-refractivity contribution < 1.29 is 29.6 Å². The van der Waals surface area contributed by atoms with Gasteiger partial charge in [0.15, 0.2) is 12.2 Å². The third-order valence-electron chi connectivity index (χ3n) is 0.995. The van der Waals surface area contributed by atoms with Crippen LogP contribution in [-0.4, -0.2) is 46.6 Å². The van der Waals surface area contributed by atoms with E-state index in [0.717, 1.165) is 7.11 Å². The zero-order valence-corrected chi connectivity index (χ0v) is 5.72. The van der Waals surface area contributed by atoms with Gasteiger partial charge in [-0.15, -0.1) is 0 Å². The summed E-state index contributed by atoms with van der Waals surface area (Å²) in [6.07, 6.45) is -4.17. The van der Waals surface area contributed by atoms with Gasteiger partial charge in [-0.2, -0.15) is 0 Å². The van der Waals surface area contributed by atoms with Crippen LogP contribution in [0.2, 0.25) is 0 Å². The lowest BCUT2D eigenvalue weighted by atomic mass is 10.2. The molecule has 3 N–H and O–H groups in total. The summed E-state index contributed by atoms with van der Waals surface area (Å²) in [5, 5.41) is 25.3. The number of hydrogen-bond acceptors (Lipinski definition) is 5. The van der Waals surface area contributed by atoms with Gasteiger partial charge in [0.2, 0.25) is 0 Å². The molecular formula is C5H8O6. The summed E-state index contributed by atoms with van der Waals surface area (Å²) < 4.78 is 3.97. The van der Waals surface area contributed by atoms with Gasteiger partial charge < -0.3 is 20.1 Å². The molecule has 0 fully saturated rings. The van der Waals surface area contributed by atoms with E-state index < -0.39 is 24.1 Å². The summed E-state index contributed by atoms with van der Waals surface area (Å²) in [6.45, 7) is 0. The number of aliphatic carboxylic acids is 1. The second-order valence-corrected chi connectivity index (χ2v) is 1.75. The minimum atomic E-state index is -2.14. The van der Waals surface area contributed by atoms with E-state index in [1.54, 1.807) is 0 Å². The zero-order chi connectivity index (χ0) is 9.02. The largest absolute Gasteiger partial charge is 0.479 e. The van der Waals surface area contributed by atoms with Crippen LogP contribution in [0.15, 0.2) is 0 Å². The Morgan fingerprint density at radius 1 is 1.27 bits per heavy atom. The van der Waals surface area contributed by atoms with Crippen molar-refractivity contribution in [3.8, 4) is 0 Å². The van der Waals surface area contributed by atoms with Gasteiger partial charge in [0.25, 0.3) is 0 Å². The van der Waals surface area contributed by atoms with Crippen molar-refractivity contribution >= 4 is 11.9 Å². The van der Waals surface area contributed by atoms with E-state index in [1.165, 1.54) is 0 Å². The average Bonchev–Trinajstić information content (AvgIpc) is 2.00. The second kappa shape index (κ2) is 3.89. The molecule has 0 heterocycles. The molecule has 11 heavy (non-hydrogen) atoms. The number of aliphatic hydroxyl groups excluding tert-OH is 2. The van der Waals surface area contributed by atoms with Crippen LogP contribution in [-0.2, 0) is 14.3 Å². The molecule has 0 aromatic rings. The SMILES string of the molecule is COC(=O)C(O)C(O)C(=O)O. The maximum Gasteiger partial charge on any atom is 0.338 e. The number of esters is 1. The van der Waals surface area contributed by atoms with Crippen LogP contribution in [0.5, 0.6) is 0 Å². The molecule has 0 aliphatic heterocycles. The first-order chi connectivity index (χ1) is 5.00. The molecule has 64 valence electrons. The van der Waals surface area contributed by atoms with Gasteiger partial charge in [-0.25, -0.2) is 9.59 Å². The fourth-order valence-corrected chi connectivity index (χ4v) is 0.385. The summed E-state index contributed by atoms with van der Waals surface area (Å²) in [5.41, 5.74) is 0. The quantitative estimate of drug-likeness (QED) is 0.415. The third-order valence-corrected chi connectivity index (χ3v) is 0.995. The van der Waals surface area contributed by atoms with Gasteiger partial charge in [0, 0.05) is 0 Å². The minimum Gasteiger partial charge on any atom is -0.479 e.